The Hall–Kier alpha value is -1.55. The van der Waals surface area contributed by atoms with Gasteiger partial charge in [-0.3, -0.25) is 4.79 Å². The van der Waals surface area contributed by atoms with Crippen molar-refractivity contribution in [2.75, 3.05) is 13.1 Å². The van der Waals surface area contributed by atoms with Crippen LogP contribution in [0.5, 0.6) is 5.75 Å². The number of phenolic OH excluding ortho intramolecular Hbond substituents is 1. The van der Waals surface area contributed by atoms with E-state index in [9.17, 15) is 9.90 Å². The van der Waals surface area contributed by atoms with Gasteiger partial charge in [-0.1, -0.05) is 6.92 Å². The lowest BCUT2D eigenvalue weighted by Crippen LogP contribution is -2.49. The molecule has 1 aliphatic rings. The van der Waals surface area contributed by atoms with Crippen LogP contribution >= 0.6 is 0 Å². The molecule has 1 aliphatic heterocycles. The highest BCUT2D eigenvalue weighted by Gasteiger charge is 2.30. The molecule has 2 rings (SSSR count). The molecule has 1 aromatic rings. The van der Waals surface area contributed by atoms with Gasteiger partial charge in [0.2, 0.25) is 0 Å². The number of likely N-dealkylation sites (tertiary alicyclic amines) is 1. The van der Waals surface area contributed by atoms with E-state index < -0.39 is 0 Å². The van der Waals surface area contributed by atoms with Gasteiger partial charge in [-0.05, 0) is 49.4 Å². The number of piperidine rings is 1. The van der Waals surface area contributed by atoms with Gasteiger partial charge in [0.25, 0.3) is 5.91 Å². The van der Waals surface area contributed by atoms with Gasteiger partial charge < -0.3 is 15.7 Å². The van der Waals surface area contributed by atoms with E-state index >= 15 is 0 Å². The number of benzene rings is 1. The number of aromatic hydroxyl groups is 1. The van der Waals surface area contributed by atoms with E-state index in [-0.39, 0.29) is 17.7 Å². The fourth-order valence-electron chi connectivity index (χ4n) is 2.78. The molecule has 4 heteroatoms. The van der Waals surface area contributed by atoms with Crippen LogP contribution in [0.2, 0.25) is 0 Å². The summed E-state index contributed by atoms with van der Waals surface area (Å²) in [5, 5.41) is 9.42. The number of carbonyl (C=O) groups is 1. The summed E-state index contributed by atoms with van der Waals surface area (Å²) in [6.07, 6.45) is 2.00. The average Bonchev–Trinajstić information content (AvgIpc) is 2.37. The number of nitrogens with zero attached hydrogens (tertiary/aromatic N) is 1. The van der Waals surface area contributed by atoms with E-state index in [1.165, 1.54) is 0 Å². The first kappa shape index (κ1) is 13.9. The Labute approximate surface area is 114 Å². The fraction of sp³-hybridized carbons (Fsp3) is 0.533. The van der Waals surface area contributed by atoms with Crippen molar-refractivity contribution in [3.8, 4) is 5.75 Å². The minimum Gasteiger partial charge on any atom is -0.508 e. The Kier molecular flexibility index (Phi) is 4.10. The van der Waals surface area contributed by atoms with Gasteiger partial charge >= 0.3 is 0 Å². The van der Waals surface area contributed by atoms with Crippen LogP contribution in [0.25, 0.3) is 0 Å². The minimum absolute atomic E-state index is 0.0276. The standard InChI is InChI=1S/C15H22N2O2/c1-10-5-6-17(12(7-10)9-16)15(19)14-4-3-13(18)8-11(14)2/h3-4,8,10,12,18H,5-7,9,16H2,1-2H3. The molecule has 3 N–H and O–H groups in total. The normalized spacial score (nSPS) is 23.4. The van der Waals surface area contributed by atoms with Crippen molar-refractivity contribution in [3.63, 3.8) is 0 Å². The van der Waals surface area contributed by atoms with E-state index in [0.29, 0.717) is 18.0 Å². The molecule has 2 atom stereocenters. The van der Waals surface area contributed by atoms with Crippen LogP contribution in [-0.4, -0.2) is 35.0 Å². The Bertz CT molecular complexity index is 473. The molecule has 104 valence electrons. The van der Waals surface area contributed by atoms with Gasteiger partial charge in [-0.2, -0.15) is 0 Å². The molecule has 1 saturated heterocycles. The lowest BCUT2D eigenvalue weighted by Gasteiger charge is -2.38. The van der Waals surface area contributed by atoms with Gasteiger partial charge in [-0.25, -0.2) is 0 Å². The minimum atomic E-state index is 0.0276. The van der Waals surface area contributed by atoms with Gasteiger partial charge in [0.15, 0.2) is 0 Å². The average molecular weight is 262 g/mol. The van der Waals surface area contributed by atoms with Gasteiger partial charge in [0.05, 0.1) is 0 Å². The molecule has 0 saturated carbocycles. The van der Waals surface area contributed by atoms with E-state index in [2.05, 4.69) is 6.92 Å². The second kappa shape index (κ2) is 5.61. The van der Waals surface area contributed by atoms with Crippen LogP contribution in [-0.2, 0) is 0 Å². The van der Waals surface area contributed by atoms with E-state index in [4.69, 9.17) is 5.73 Å². The van der Waals surface area contributed by atoms with Crippen LogP contribution in [0.15, 0.2) is 18.2 Å². The van der Waals surface area contributed by atoms with Crippen LogP contribution in [0.3, 0.4) is 0 Å². The summed E-state index contributed by atoms with van der Waals surface area (Å²) in [6, 6.07) is 5.00. The molecule has 1 amide bonds. The monoisotopic (exact) mass is 262 g/mol. The molecular weight excluding hydrogens is 240 g/mol. The molecule has 0 aromatic heterocycles. The highest BCUT2D eigenvalue weighted by Crippen LogP contribution is 2.25. The Balaban J connectivity index is 2.22. The number of phenols is 1. The third-order valence-electron chi connectivity index (χ3n) is 3.95. The maximum atomic E-state index is 12.6. The fourth-order valence-corrected chi connectivity index (χ4v) is 2.78. The zero-order valence-electron chi connectivity index (χ0n) is 11.6. The number of hydrogen-bond acceptors (Lipinski definition) is 3. The second-order valence-electron chi connectivity index (χ2n) is 5.52. The first-order valence-electron chi connectivity index (χ1n) is 6.83. The molecule has 2 unspecified atom stereocenters. The largest absolute Gasteiger partial charge is 0.508 e. The Morgan fingerprint density at radius 3 is 2.89 bits per heavy atom. The quantitative estimate of drug-likeness (QED) is 0.855. The van der Waals surface area contributed by atoms with Crippen LogP contribution in [0.4, 0.5) is 0 Å². The SMILES string of the molecule is Cc1cc(O)ccc1C(=O)N1CCC(C)CC1CN. The number of hydrogen-bond donors (Lipinski definition) is 2. The zero-order valence-corrected chi connectivity index (χ0v) is 11.6. The van der Waals surface area contributed by atoms with E-state index in [1.807, 2.05) is 11.8 Å². The molecule has 0 aliphatic carbocycles. The lowest BCUT2D eigenvalue weighted by atomic mass is 9.91. The van der Waals surface area contributed by atoms with Gasteiger partial charge in [0.1, 0.15) is 5.75 Å². The van der Waals surface area contributed by atoms with Gasteiger partial charge in [-0.15, -0.1) is 0 Å². The maximum Gasteiger partial charge on any atom is 0.254 e. The van der Waals surface area contributed by atoms with Crippen molar-refractivity contribution < 1.29 is 9.90 Å². The number of aryl methyl sites for hydroxylation is 1. The van der Waals surface area contributed by atoms with E-state index in [1.54, 1.807) is 18.2 Å². The third-order valence-corrected chi connectivity index (χ3v) is 3.95. The summed E-state index contributed by atoms with van der Waals surface area (Å²) >= 11 is 0. The molecule has 4 nitrogen and oxygen atoms in total. The van der Waals surface area contributed by atoms with Crippen LogP contribution in [0.1, 0.15) is 35.7 Å². The van der Waals surface area contributed by atoms with Crippen LogP contribution < -0.4 is 5.73 Å². The van der Waals surface area contributed by atoms with E-state index in [0.717, 1.165) is 24.9 Å². The molecule has 0 radical (unpaired) electrons. The smallest absolute Gasteiger partial charge is 0.254 e. The van der Waals surface area contributed by atoms with Crippen molar-refractivity contribution in [2.45, 2.75) is 32.7 Å². The predicted octanol–water partition coefficient (Wildman–Crippen LogP) is 1.90. The zero-order chi connectivity index (χ0) is 14.0. The number of carbonyl (C=O) groups excluding carboxylic acids is 1. The highest BCUT2D eigenvalue weighted by atomic mass is 16.3. The first-order valence-corrected chi connectivity index (χ1v) is 6.83. The van der Waals surface area contributed by atoms with Crippen LogP contribution in [0, 0.1) is 12.8 Å². The second-order valence-corrected chi connectivity index (χ2v) is 5.52. The molecule has 0 spiro atoms. The maximum absolute atomic E-state index is 12.6. The third kappa shape index (κ3) is 2.89. The van der Waals surface area contributed by atoms with Crippen molar-refractivity contribution in [3.05, 3.63) is 29.3 Å². The summed E-state index contributed by atoms with van der Waals surface area (Å²) in [6.45, 7) is 5.32. The highest BCUT2D eigenvalue weighted by molar-refractivity contribution is 5.96. The lowest BCUT2D eigenvalue weighted by molar-refractivity contribution is 0.0573. The number of amides is 1. The van der Waals surface area contributed by atoms with Crippen molar-refractivity contribution >= 4 is 5.91 Å². The molecule has 0 bridgehead atoms. The topological polar surface area (TPSA) is 66.6 Å². The number of rotatable bonds is 2. The Morgan fingerprint density at radius 2 is 2.26 bits per heavy atom. The van der Waals surface area contributed by atoms with Crippen molar-refractivity contribution in [1.29, 1.82) is 0 Å². The molecule has 1 fully saturated rings. The van der Waals surface area contributed by atoms with Crippen molar-refractivity contribution in [2.24, 2.45) is 11.7 Å². The molecule has 19 heavy (non-hydrogen) atoms. The summed E-state index contributed by atoms with van der Waals surface area (Å²) < 4.78 is 0. The predicted molar refractivity (Wildman–Crippen MR) is 75.1 cm³/mol. The van der Waals surface area contributed by atoms with Crippen molar-refractivity contribution in [1.82, 2.24) is 4.90 Å². The summed E-state index contributed by atoms with van der Waals surface area (Å²) in [4.78, 5) is 14.5. The summed E-state index contributed by atoms with van der Waals surface area (Å²) in [5.41, 5.74) is 7.26. The molecule has 1 aromatic carbocycles. The summed E-state index contributed by atoms with van der Waals surface area (Å²) in [5.74, 6) is 0.843. The van der Waals surface area contributed by atoms with Gasteiger partial charge in [0, 0.05) is 24.7 Å². The Morgan fingerprint density at radius 1 is 1.53 bits per heavy atom. The first-order chi connectivity index (χ1) is 9.02. The number of nitrogens with two attached hydrogens (primary N) is 1. The summed E-state index contributed by atoms with van der Waals surface area (Å²) in [7, 11) is 0. The molecular formula is C15H22N2O2. The molecule has 1 heterocycles.